The van der Waals surface area contributed by atoms with Crippen LogP contribution in [0.2, 0.25) is 5.02 Å². The minimum atomic E-state index is -0.446. The summed E-state index contributed by atoms with van der Waals surface area (Å²) in [7, 11) is 0. The van der Waals surface area contributed by atoms with Gasteiger partial charge >= 0.3 is 0 Å². The molecule has 2 aromatic rings. The molecule has 5 nitrogen and oxygen atoms in total. The third-order valence-corrected chi connectivity index (χ3v) is 6.89. The predicted octanol–water partition coefficient (Wildman–Crippen LogP) is 4.35. The van der Waals surface area contributed by atoms with Gasteiger partial charge in [0.2, 0.25) is 5.91 Å². The molecule has 6 heteroatoms. The third-order valence-electron chi connectivity index (χ3n) is 6.65. The Bertz CT molecular complexity index is 969. The molecule has 1 fully saturated rings. The van der Waals surface area contributed by atoms with Gasteiger partial charge in [-0.2, -0.15) is 0 Å². The zero-order chi connectivity index (χ0) is 22.7. The van der Waals surface area contributed by atoms with Crippen molar-refractivity contribution in [2.75, 3.05) is 19.6 Å². The summed E-state index contributed by atoms with van der Waals surface area (Å²) < 4.78 is 0. The number of hydrogen-bond acceptors (Lipinski definition) is 3. The number of amides is 2. The third kappa shape index (κ3) is 5.16. The fraction of sp³-hybridized carbons (Fsp3) is 0.462. The van der Waals surface area contributed by atoms with E-state index in [1.807, 2.05) is 56.3 Å². The van der Waals surface area contributed by atoms with E-state index in [1.54, 1.807) is 4.90 Å². The first kappa shape index (κ1) is 22.8. The van der Waals surface area contributed by atoms with Crippen LogP contribution >= 0.6 is 11.6 Å². The summed E-state index contributed by atoms with van der Waals surface area (Å²) in [5.74, 6) is 0.438. The van der Waals surface area contributed by atoms with E-state index in [0.717, 1.165) is 48.6 Å². The number of rotatable bonds is 7. The zero-order valence-corrected chi connectivity index (χ0v) is 19.6. The standard InChI is InChI=1S/C26H32ClN3O2/c1-18(2)24(30-17-21-7-3-4-9-23(21)26(30)32)25(31)28-15-19-10-12-29(13-11-19)16-20-6-5-8-22(27)14-20/h3-9,14,18-19,24H,10-13,15-17H2,1-2H3,(H,28,31). The number of nitrogens with one attached hydrogen (secondary N) is 1. The van der Waals surface area contributed by atoms with Gasteiger partial charge in [0.1, 0.15) is 6.04 Å². The lowest BCUT2D eigenvalue weighted by Crippen LogP contribution is -2.51. The summed E-state index contributed by atoms with van der Waals surface area (Å²) in [6, 6.07) is 15.2. The van der Waals surface area contributed by atoms with Gasteiger partial charge < -0.3 is 10.2 Å². The van der Waals surface area contributed by atoms with E-state index < -0.39 is 6.04 Å². The number of likely N-dealkylation sites (tertiary alicyclic amines) is 1. The maximum atomic E-state index is 13.1. The lowest BCUT2D eigenvalue weighted by Gasteiger charge is -2.33. The molecule has 0 bridgehead atoms. The maximum Gasteiger partial charge on any atom is 0.255 e. The van der Waals surface area contributed by atoms with Gasteiger partial charge in [-0.15, -0.1) is 0 Å². The minimum Gasteiger partial charge on any atom is -0.354 e. The molecule has 4 rings (SSSR count). The quantitative estimate of drug-likeness (QED) is 0.678. The average Bonchev–Trinajstić information content (AvgIpc) is 3.09. The van der Waals surface area contributed by atoms with Crippen molar-refractivity contribution in [3.05, 3.63) is 70.2 Å². The van der Waals surface area contributed by atoms with Crippen molar-refractivity contribution < 1.29 is 9.59 Å². The monoisotopic (exact) mass is 453 g/mol. The molecule has 0 aromatic heterocycles. The average molecular weight is 454 g/mol. The van der Waals surface area contributed by atoms with Crippen LogP contribution in [0.1, 0.15) is 48.2 Å². The van der Waals surface area contributed by atoms with Crippen LogP contribution in [0.4, 0.5) is 0 Å². The number of benzene rings is 2. The largest absolute Gasteiger partial charge is 0.354 e. The van der Waals surface area contributed by atoms with Gasteiger partial charge in [0.15, 0.2) is 0 Å². The minimum absolute atomic E-state index is 0.0382. The first-order valence-electron chi connectivity index (χ1n) is 11.6. The molecule has 0 spiro atoms. The molecule has 0 saturated carbocycles. The van der Waals surface area contributed by atoms with Crippen molar-refractivity contribution in [3.8, 4) is 0 Å². The van der Waals surface area contributed by atoms with Crippen LogP contribution in [0.5, 0.6) is 0 Å². The van der Waals surface area contributed by atoms with E-state index in [2.05, 4.69) is 16.3 Å². The van der Waals surface area contributed by atoms with Crippen LogP contribution in [-0.4, -0.2) is 47.3 Å². The number of nitrogens with zero attached hydrogens (tertiary/aromatic N) is 2. The number of carbonyl (C=O) groups is 2. The van der Waals surface area contributed by atoms with Gasteiger partial charge in [-0.25, -0.2) is 0 Å². The summed E-state index contributed by atoms with van der Waals surface area (Å²) in [6.45, 7) is 8.13. The fourth-order valence-corrected chi connectivity index (χ4v) is 5.11. The molecule has 2 heterocycles. The summed E-state index contributed by atoms with van der Waals surface area (Å²) >= 11 is 6.10. The Kier molecular flexibility index (Phi) is 7.17. The summed E-state index contributed by atoms with van der Waals surface area (Å²) in [5, 5.41) is 3.94. The molecule has 2 aliphatic heterocycles. The zero-order valence-electron chi connectivity index (χ0n) is 18.9. The molecule has 2 amide bonds. The van der Waals surface area contributed by atoms with Crippen molar-refractivity contribution in [1.82, 2.24) is 15.1 Å². The number of carbonyl (C=O) groups excluding carboxylic acids is 2. The van der Waals surface area contributed by atoms with Crippen LogP contribution < -0.4 is 5.32 Å². The maximum absolute atomic E-state index is 13.1. The molecule has 32 heavy (non-hydrogen) atoms. The first-order chi connectivity index (χ1) is 15.4. The Morgan fingerprint density at radius 3 is 2.56 bits per heavy atom. The Balaban J connectivity index is 1.28. The molecule has 1 atom stereocenters. The van der Waals surface area contributed by atoms with Crippen molar-refractivity contribution >= 4 is 23.4 Å². The van der Waals surface area contributed by atoms with Crippen molar-refractivity contribution in [3.63, 3.8) is 0 Å². The highest BCUT2D eigenvalue weighted by atomic mass is 35.5. The number of halogens is 1. The molecule has 2 aromatic carbocycles. The molecule has 2 aliphatic rings. The van der Waals surface area contributed by atoms with Crippen LogP contribution in [0.15, 0.2) is 48.5 Å². The van der Waals surface area contributed by atoms with E-state index in [4.69, 9.17) is 11.6 Å². The molecule has 0 radical (unpaired) electrons. The predicted molar refractivity (Wildman–Crippen MR) is 127 cm³/mol. The van der Waals surface area contributed by atoms with E-state index in [-0.39, 0.29) is 17.7 Å². The van der Waals surface area contributed by atoms with Crippen molar-refractivity contribution in [1.29, 1.82) is 0 Å². The molecule has 0 aliphatic carbocycles. The second-order valence-electron chi connectivity index (χ2n) is 9.37. The number of fused-ring (bicyclic) bond motifs is 1. The number of piperidine rings is 1. The fourth-order valence-electron chi connectivity index (χ4n) is 4.90. The lowest BCUT2D eigenvalue weighted by atomic mass is 9.95. The smallest absolute Gasteiger partial charge is 0.255 e. The Morgan fingerprint density at radius 1 is 1.12 bits per heavy atom. The van der Waals surface area contributed by atoms with E-state index in [0.29, 0.717) is 19.0 Å². The van der Waals surface area contributed by atoms with Gasteiger partial charge in [-0.05, 0) is 67.1 Å². The SMILES string of the molecule is CC(C)C(C(=O)NCC1CCN(Cc2cccc(Cl)c2)CC1)N1Cc2ccccc2C1=O. The normalized spacial score (nSPS) is 18.1. The highest BCUT2D eigenvalue weighted by molar-refractivity contribution is 6.30. The second-order valence-corrected chi connectivity index (χ2v) is 9.81. The second kappa shape index (κ2) is 10.1. The van der Waals surface area contributed by atoms with Crippen LogP contribution in [0.3, 0.4) is 0 Å². The topological polar surface area (TPSA) is 52.7 Å². The first-order valence-corrected chi connectivity index (χ1v) is 11.9. The van der Waals surface area contributed by atoms with Gasteiger partial charge in [0, 0.05) is 30.2 Å². The molecule has 170 valence electrons. The Hall–Kier alpha value is -2.37. The van der Waals surface area contributed by atoms with Gasteiger partial charge in [-0.1, -0.05) is 55.8 Å². The van der Waals surface area contributed by atoms with Gasteiger partial charge in [0.05, 0.1) is 0 Å². The molecule has 1 N–H and O–H groups in total. The van der Waals surface area contributed by atoms with Crippen molar-refractivity contribution in [2.45, 2.75) is 45.8 Å². The molecular formula is C26H32ClN3O2. The Morgan fingerprint density at radius 2 is 1.88 bits per heavy atom. The van der Waals surface area contributed by atoms with Crippen LogP contribution in [-0.2, 0) is 17.9 Å². The number of hydrogen-bond donors (Lipinski definition) is 1. The van der Waals surface area contributed by atoms with Crippen LogP contribution in [0.25, 0.3) is 0 Å². The van der Waals surface area contributed by atoms with E-state index in [1.165, 1.54) is 5.56 Å². The Labute approximate surface area is 195 Å². The van der Waals surface area contributed by atoms with Gasteiger partial charge in [0.25, 0.3) is 5.91 Å². The van der Waals surface area contributed by atoms with Gasteiger partial charge in [-0.3, -0.25) is 14.5 Å². The summed E-state index contributed by atoms with van der Waals surface area (Å²) in [5.41, 5.74) is 2.96. The molecule has 1 saturated heterocycles. The summed E-state index contributed by atoms with van der Waals surface area (Å²) in [4.78, 5) is 30.2. The molecular weight excluding hydrogens is 422 g/mol. The molecule has 1 unspecified atom stereocenters. The highest BCUT2D eigenvalue weighted by Crippen LogP contribution is 2.27. The van der Waals surface area contributed by atoms with Crippen molar-refractivity contribution in [2.24, 2.45) is 11.8 Å². The van der Waals surface area contributed by atoms with Crippen LogP contribution in [0, 0.1) is 11.8 Å². The summed E-state index contributed by atoms with van der Waals surface area (Å²) in [6.07, 6.45) is 2.11. The lowest BCUT2D eigenvalue weighted by molar-refractivity contribution is -0.127. The van der Waals surface area contributed by atoms with E-state index in [9.17, 15) is 9.59 Å². The highest BCUT2D eigenvalue weighted by Gasteiger charge is 2.38. The van der Waals surface area contributed by atoms with E-state index >= 15 is 0 Å².